The Balaban J connectivity index is 1.14. The Bertz CT molecular complexity index is 938. The van der Waals surface area contributed by atoms with Gasteiger partial charge in [-0.05, 0) is 93.0 Å². The summed E-state index contributed by atoms with van der Waals surface area (Å²) in [6.45, 7) is 6.01. The predicted octanol–water partition coefficient (Wildman–Crippen LogP) is 3.81. The van der Waals surface area contributed by atoms with E-state index in [1.54, 1.807) is 0 Å². The second kappa shape index (κ2) is 11.1. The summed E-state index contributed by atoms with van der Waals surface area (Å²) in [5.74, 6) is 0.915. The van der Waals surface area contributed by atoms with Crippen LogP contribution in [0, 0.1) is 19.8 Å². The Labute approximate surface area is 196 Å². The second-order valence-corrected chi connectivity index (χ2v) is 9.52. The number of aryl methyl sites for hydroxylation is 4. The predicted molar refractivity (Wildman–Crippen MR) is 128 cm³/mol. The number of aliphatic carboxylic acids is 1. The normalized spacial score (nSPS) is 20.4. The molecule has 3 heterocycles. The number of carboxylic acids is 1. The van der Waals surface area contributed by atoms with E-state index in [2.05, 4.69) is 27.8 Å². The van der Waals surface area contributed by atoms with Crippen molar-refractivity contribution in [2.45, 2.75) is 77.5 Å². The molecule has 0 unspecified atom stereocenters. The fourth-order valence-corrected chi connectivity index (χ4v) is 4.80. The van der Waals surface area contributed by atoms with Crippen LogP contribution in [0.1, 0.15) is 60.1 Å². The molecule has 0 aromatic carbocycles. The minimum absolute atomic E-state index is 0.257. The summed E-state index contributed by atoms with van der Waals surface area (Å²) in [4.78, 5) is 20.6. The highest BCUT2D eigenvalue weighted by Crippen LogP contribution is 2.34. The van der Waals surface area contributed by atoms with Crippen LogP contribution in [0.4, 0.5) is 5.82 Å². The first-order valence-electron chi connectivity index (χ1n) is 12.2. The quantitative estimate of drug-likeness (QED) is 0.477. The molecule has 1 saturated carbocycles. The Hall–Kier alpha value is -2.51. The van der Waals surface area contributed by atoms with Crippen LogP contribution in [0.15, 0.2) is 24.5 Å². The van der Waals surface area contributed by atoms with Crippen molar-refractivity contribution in [3.05, 3.63) is 52.5 Å². The summed E-state index contributed by atoms with van der Waals surface area (Å²) in [7, 11) is 0. The number of aromatic nitrogens is 2. The number of fused-ring (bicyclic) bond motifs is 1. The zero-order chi connectivity index (χ0) is 23.2. The largest absolute Gasteiger partial charge is 0.480 e. The number of anilines is 1. The summed E-state index contributed by atoms with van der Waals surface area (Å²) < 4.78 is 5.98. The molecule has 4 rings (SSSR count). The van der Waals surface area contributed by atoms with Gasteiger partial charge in [0.1, 0.15) is 11.9 Å². The average molecular weight is 453 g/mol. The van der Waals surface area contributed by atoms with Gasteiger partial charge in [0, 0.05) is 37.8 Å². The topological polar surface area (TPSA) is 96.4 Å². The standard InChI is InChI=1S/C26H36N4O3/c1-17-14-27-15-18(2)23(17)16-29-24(26(31)32)9-11-33-22-12-19(13-22)5-7-21-8-6-20-4-3-10-28-25(20)30-21/h6,8,14-15,19,22,24,29H,3-5,7,9-13,16H2,1-2H3,(H,28,30)(H,31,32)/t19-,22+,24-/m0/s1. The van der Waals surface area contributed by atoms with Crippen molar-refractivity contribution < 1.29 is 14.6 Å². The van der Waals surface area contributed by atoms with Gasteiger partial charge < -0.3 is 20.5 Å². The van der Waals surface area contributed by atoms with Crippen molar-refractivity contribution in [3.8, 4) is 0 Å². The van der Waals surface area contributed by atoms with Gasteiger partial charge in [0.25, 0.3) is 0 Å². The summed E-state index contributed by atoms with van der Waals surface area (Å²) in [5.41, 5.74) is 5.77. The SMILES string of the molecule is Cc1cncc(C)c1CN[C@@H](CCO[C@H]1C[C@@H](CCc2ccc3c(n2)NCCC3)C1)C(=O)O. The molecule has 0 saturated heterocycles. The molecule has 33 heavy (non-hydrogen) atoms. The number of pyridine rings is 2. The molecule has 2 aromatic rings. The lowest BCUT2D eigenvalue weighted by Crippen LogP contribution is -2.39. The van der Waals surface area contributed by atoms with E-state index in [9.17, 15) is 9.90 Å². The number of nitrogens with zero attached hydrogens (tertiary/aromatic N) is 2. The third-order valence-electron chi connectivity index (χ3n) is 7.02. The number of nitrogens with one attached hydrogen (secondary N) is 2. The maximum atomic E-state index is 11.7. The highest BCUT2D eigenvalue weighted by Gasteiger charge is 2.30. The number of carbonyl (C=O) groups is 1. The van der Waals surface area contributed by atoms with Crippen molar-refractivity contribution in [1.82, 2.24) is 15.3 Å². The third kappa shape index (κ3) is 6.30. The molecule has 7 heteroatoms. The number of carboxylic acid groups (broad SMARTS) is 1. The molecule has 2 aliphatic rings. The zero-order valence-electron chi connectivity index (χ0n) is 19.8. The van der Waals surface area contributed by atoms with Gasteiger partial charge in [0.2, 0.25) is 0 Å². The van der Waals surface area contributed by atoms with E-state index in [1.807, 2.05) is 26.2 Å². The number of rotatable bonds is 11. The molecule has 1 aliphatic carbocycles. The van der Waals surface area contributed by atoms with Gasteiger partial charge in [-0.15, -0.1) is 0 Å². The van der Waals surface area contributed by atoms with Gasteiger partial charge in [-0.3, -0.25) is 9.78 Å². The smallest absolute Gasteiger partial charge is 0.320 e. The fraction of sp³-hybridized carbons (Fsp3) is 0.577. The minimum Gasteiger partial charge on any atom is -0.480 e. The van der Waals surface area contributed by atoms with E-state index < -0.39 is 12.0 Å². The van der Waals surface area contributed by atoms with Gasteiger partial charge in [-0.2, -0.15) is 0 Å². The van der Waals surface area contributed by atoms with Crippen LogP contribution >= 0.6 is 0 Å². The first-order valence-corrected chi connectivity index (χ1v) is 12.2. The van der Waals surface area contributed by atoms with Crippen molar-refractivity contribution in [1.29, 1.82) is 0 Å². The highest BCUT2D eigenvalue weighted by molar-refractivity contribution is 5.73. The van der Waals surface area contributed by atoms with Crippen LogP contribution in [0.3, 0.4) is 0 Å². The molecule has 3 N–H and O–H groups in total. The minimum atomic E-state index is -0.832. The number of ether oxygens (including phenoxy) is 1. The van der Waals surface area contributed by atoms with Gasteiger partial charge in [0.15, 0.2) is 0 Å². The Morgan fingerprint density at radius 1 is 1.27 bits per heavy atom. The van der Waals surface area contributed by atoms with Gasteiger partial charge >= 0.3 is 5.97 Å². The van der Waals surface area contributed by atoms with Gasteiger partial charge in [-0.1, -0.05) is 6.07 Å². The Morgan fingerprint density at radius 3 is 2.82 bits per heavy atom. The van der Waals surface area contributed by atoms with Crippen molar-refractivity contribution in [2.24, 2.45) is 5.92 Å². The molecule has 1 fully saturated rings. The first-order chi connectivity index (χ1) is 16.0. The van der Waals surface area contributed by atoms with Crippen LogP contribution in [0.2, 0.25) is 0 Å². The molecule has 178 valence electrons. The van der Waals surface area contributed by atoms with Crippen LogP contribution in [0.5, 0.6) is 0 Å². The Morgan fingerprint density at radius 2 is 2.06 bits per heavy atom. The summed E-state index contributed by atoms with van der Waals surface area (Å²) in [5, 5.41) is 16.2. The van der Waals surface area contributed by atoms with E-state index >= 15 is 0 Å². The van der Waals surface area contributed by atoms with Crippen LogP contribution in [0.25, 0.3) is 0 Å². The van der Waals surface area contributed by atoms with E-state index in [-0.39, 0.29) is 6.10 Å². The summed E-state index contributed by atoms with van der Waals surface area (Å²) in [6, 6.07) is 3.78. The average Bonchev–Trinajstić information content (AvgIpc) is 2.77. The lowest BCUT2D eigenvalue weighted by Gasteiger charge is -2.35. The molecule has 0 amide bonds. The molecular weight excluding hydrogens is 416 g/mol. The number of hydrogen-bond donors (Lipinski definition) is 3. The molecule has 1 atom stereocenters. The number of hydrogen-bond acceptors (Lipinski definition) is 6. The van der Waals surface area contributed by atoms with E-state index in [0.717, 1.165) is 61.2 Å². The molecule has 0 radical (unpaired) electrons. The van der Waals surface area contributed by atoms with Crippen LogP contribution in [-0.2, 0) is 28.9 Å². The summed E-state index contributed by atoms with van der Waals surface area (Å²) >= 11 is 0. The van der Waals surface area contributed by atoms with Crippen molar-refractivity contribution in [2.75, 3.05) is 18.5 Å². The van der Waals surface area contributed by atoms with Gasteiger partial charge in [0.05, 0.1) is 6.10 Å². The van der Waals surface area contributed by atoms with E-state index in [0.29, 0.717) is 25.5 Å². The zero-order valence-corrected chi connectivity index (χ0v) is 19.8. The van der Waals surface area contributed by atoms with Crippen molar-refractivity contribution in [3.63, 3.8) is 0 Å². The molecular formula is C26H36N4O3. The van der Waals surface area contributed by atoms with E-state index in [1.165, 1.54) is 17.7 Å². The molecule has 7 nitrogen and oxygen atoms in total. The third-order valence-corrected chi connectivity index (χ3v) is 7.02. The highest BCUT2D eigenvalue weighted by atomic mass is 16.5. The monoisotopic (exact) mass is 452 g/mol. The summed E-state index contributed by atoms with van der Waals surface area (Å²) in [6.07, 6.45) is 10.9. The molecule has 0 bridgehead atoms. The first kappa shape index (κ1) is 23.6. The molecule has 0 spiro atoms. The van der Waals surface area contributed by atoms with Crippen molar-refractivity contribution >= 4 is 11.8 Å². The second-order valence-electron chi connectivity index (χ2n) is 9.52. The van der Waals surface area contributed by atoms with Crippen LogP contribution in [-0.4, -0.2) is 46.3 Å². The van der Waals surface area contributed by atoms with E-state index in [4.69, 9.17) is 9.72 Å². The maximum absolute atomic E-state index is 11.7. The van der Waals surface area contributed by atoms with Crippen LogP contribution < -0.4 is 10.6 Å². The molecule has 1 aliphatic heterocycles. The lowest BCUT2D eigenvalue weighted by atomic mass is 9.79. The molecule has 2 aromatic heterocycles. The fourth-order valence-electron chi connectivity index (χ4n) is 4.80. The Kier molecular flexibility index (Phi) is 7.93. The maximum Gasteiger partial charge on any atom is 0.320 e. The lowest BCUT2D eigenvalue weighted by molar-refractivity contribution is -0.140. The van der Waals surface area contributed by atoms with Gasteiger partial charge in [-0.25, -0.2) is 4.98 Å².